The van der Waals surface area contributed by atoms with E-state index in [2.05, 4.69) is 9.93 Å². The second-order valence-corrected chi connectivity index (χ2v) is 9.69. The molecule has 0 radical (unpaired) electrons. The molecule has 3 rings (SSSR count). The lowest BCUT2D eigenvalue weighted by atomic mass is 10.0. The second-order valence-electron chi connectivity index (χ2n) is 8.03. The quantitative estimate of drug-likeness (QED) is 0.177. The molecule has 3 aromatic carbocycles. The molecule has 0 fully saturated rings. The van der Waals surface area contributed by atoms with Gasteiger partial charge in [0.25, 0.3) is 15.7 Å². The van der Waals surface area contributed by atoms with Gasteiger partial charge >= 0.3 is 0 Å². The van der Waals surface area contributed by atoms with E-state index in [1.807, 2.05) is 32.9 Å². The van der Waals surface area contributed by atoms with Gasteiger partial charge in [0.15, 0.2) is 0 Å². The number of nitrogens with one attached hydrogen (secondary N) is 1. The van der Waals surface area contributed by atoms with Crippen LogP contribution in [0.2, 0.25) is 0 Å². The molecule has 0 aliphatic heterocycles. The van der Waals surface area contributed by atoms with E-state index < -0.39 is 14.9 Å². The molecular formula is C25H27N3O6S. The number of hydrogen-bond donors (Lipinski definition) is 1. The van der Waals surface area contributed by atoms with Crippen LogP contribution in [0.4, 0.5) is 5.69 Å². The standard InChI is InChI=1S/C25H27N3O6S/c1-18(2)25(26-27-35(31,32)24-14-4-19(3)5-15-24)20-6-10-22(11-7-20)33-16-17-34-23-12-8-21(9-13-23)28(29)30/h4-15,18,27H,16-17H2,1-3H3/b26-25-. The van der Waals surface area contributed by atoms with Crippen LogP contribution in [0.5, 0.6) is 11.5 Å². The molecule has 0 aliphatic carbocycles. The van der Waals surface area contributed by atoms with Gasteiger partial charge in [-0.15, -0.1) is 0 Å². The molecule has 184 valence electrons. The van der Waals surface area contributed by atoms with Crippen LogP contribution < -0.4 is 14.3 Å². The van der Waals surface area contributed by atoms with Gasteiger partial charge < -0.3 is 9.47 Å². The van der Waals surface area contributed by atoms with E-state index in [4.69, 9.17) is 9.47 Å². The van der Waals surface area contributed by atoms with Crippen molar-refractivity contribution in [3.8, 4) is 11.5 Å². The summed E-state index contributed by atoms with van der Waals surface area (Å²) in [5.74, 6) is 1.10. The second kappa shape index (κ2) is 11.5. The smallest absolute Gasteiger partial charge is 0.276 e. The molecule has 0 bridgehead atoms. The number of benzene rings is 3. The van der Waals surface area contributed by atoms with Crippen LogP contribution in [0.15, 0.2) is 82.8 Å². The van der Waals surface area contributed by atoms with E-state index in [9.17, 15) is 18.5 Å². The molecule has 9 nitrogen and oxygen atoms in total. The summed E-state index contributed by atoms with van der Waals surface area (Å²) in [7, 11) is -3.78. The van der Waals surface area contributed by atoms with Crippen molar-refractivity contribution in [3.05, 3.63) is 94.0 Å². The Morgan fingerprint density at radius 3 is 1.91 bits per heavy atom. The highest BCUT2D eigenvalue weighted by Crippen LogP contribution is 2.19. The van der Waals surface area contributed by atoms with E-state index in [-0.39, 0.29) is 29.7 Å². The van der Waals surface area contributed by atoms with E-state index in [1.54, 1.807) is 36.4 Å². The summed E-state index contributed by atoms with van der Waals surface area (Å²) in [6.07, 6.45) is 0. The minimum Gasteiger partial charge on any atom is -0.490 e. The molecule has 3 aromatic rings. The first-order chi connectivity index (χ1) is 16.7. The summed E-state index contributed by atoms with van der Waals surface area (Å²) in [6.45, 7) is 6.28. The predicted octanol–water partition coefficient (Wildman–Crippen LogP) is 4.70. The molecule has 35 heavy (non-hydrogen) atoms. The van der Waals surface area contributed by atoms with E-state index >= 15 is 0 Å². The molecule has 1 N–H and O–H groups in total. The van der Waals surface area contributed by atoms with Gasteiger partial charge in [0.05, 0.1) is 15.5 Å². The predicted molar refractivity (Wildman–Crippen MR) is 133 cm³/mol. The lowest BCUT2D eigenvalue weighted by Gasteiger charge is -2.13. The minimum absolute atomic E-state index is 0.000875. The molecule has 0 aliphatic rings. The average molecular weight is 498 g/mol. The number of sulfonamides is 1. The Morgan fingerprint density at radius 1 is 0.914 bits per heavy atom. The third kappa shape index (κ3) is 7.28. The first kappa shape index (κ1) is 25.7. The van der Waals surface area contributed by atoms with Crippen LogP contribution in [0.1, 0.15) is 25.0 Å². The number of ether oxygens (including phenoxy) is 2. The topological polar surface area (TPSA) is 120 Å². The Balaban J connectivity index is 1.57. The third-order valence-electron chi connectivity index (χ3n) is 4.98. The van der Waals surface area contributed by atoms with Crippen molar-refractivity contribution in [1.82, 2.24) is 4.83 Å². The highest BCUT2D eigenvalue weighted by molar-refractivity contribution is 7.89. The molecule has 0 atom stereocenters. The van der Waals surface area contributed by atoms with Crippen LogP contribution in [-0.4, -0.2) is 32.3 Å². The van der Waals surface area contributed by atoms with Crippen molar-refractivity contribution >= 4 is 21.4 Å². The summed E-state index contributed by atoms with van der Waals surface area (Å²) >= 11 is 0. The van der Waals surface area contributed by atoms with Gasteiger partial charge in [-0.25, -0.2) is 0 Å². The van der Waals surface area contributed by atoms with Gasteiger partial charge in [0, 0.05) is 12.1 Å². The number of rotatable bonds is 11. The van der Waals surface area contributed by atoms with Gasteiger partial charge in [-0.2, -0.15) is 18.4 Å². The molecule has 0 amide bonds. The number of hydrazone groups is 1. The normalized spacial score (nSPS) is 11.8. The molecule has 0 spiro atoms. The first-order valence-corrected chi connectivity index (χ1v) is 12.4. The van der Waals surface area contributed by atoms with Crippen LogP contribution >= 0.6 is 0 Å². The third-order valence-corrected chi connectivity index (χ3v) is 6.21. The summed E-state index contributed by atoms with van der Waals surface area (Å²) in [6, 6.07) is 19.5. The average Bonchev–Trinajstić information content (AvgIpc) is 2.83. The maximum Gasteiger partial charge on any atom is 0.276 e. The minimum atomic E-state index is -3.78. The van der Waals surface area contributed by atoms with Crippen molar-refractivity contribution in [2.45, 2.75) is 25.7 Å². The fourth-order valence-corrected chi connectivity index (χ4v) is 3.93. The van der Waals surface area contributed by atoms with Gasteiger partial charge in [-0.1, -0.05) is 31.5 Å². The Labute approximate surface area is 204 Å². The van der Waals surface area contributed by atoms with Crippen LogP contribution in [-0.2, 0) is 10.0 Å². The molecule has 0 unspecified atom stereocenters. The highest BCUT2D eigenvalue weighted by Gasteiger charge is 2.15. The van der Waals surface area contributed by atoms with E-state index in [0.29, 0.717) is 17.2 Å². The number of non-ortho nitro benzene ring substituents is 1. The molecule has 10 heteroatoms. The Morgan fingerprint density at radius 2 is 1.43 bits per heavy atom. The Kier molecular flexibility index (Phi) is 8.43. The van der Waals surface area contributed by atoms with Crippen molar-refractivity contribution in [3.63, 3.8) is 0 Å². The van der Waals surface area contributed by atoms with Gasteiger partial charge in [-0.3, -0.25) is 10.1 Å². The largest absolute Gasteiger partial charge is 0.490 e. The van der Waals surface area contributed by atoms with Crippen molar-refractivity contribution < 1.29 is 22.8 Å². The maximum atomic E-state index is 12.6. The molecule has 0 heterocycles. The van der Waals surface area contributed by atoms with Crippen LogP contribution in [0, 0.1) is 23.0 Å². The number of nitrogens with zero attached hydrogens (tertiary/aromatic N) is 2. The monoisotopic (exact) mass is 497 g/mol. The van der Waals surface area contributed by atoms with Crippen molar-refractivity contribution in [2.24, 2.45) is 11.0 Å². The fourth-order valence-electron chi connectivity index (χ4n) is 3.11. The summed E-state index contributed by atoms with van der Waals surface area (Å²) in [5.41, 5.74) is 2.33. The molecule has 0 saturated heterocycles. The number of aryl methyl sites for hydroxylation is 1. The zero-order chi connectivity index (χ0) is 25.4. The van der Waals surface area contributed by atoms with Crippen LogP contribution in [0.25, 0.3) is 0 Å². The van der Waals surface area contributed by atoms with Crippen molar-refractivity contribution in [2.75, 3.05) is 13.2 Å². The lowest BCUT2D eigenvalue weighted by Crippen LogP contribution is -2.22. The number of hydrogen-bond acceptors (Lipinski definition) is 7. The van der Waals surface area contributed by atoms with Gasteiger partial charge in [0.2, 0.25) is 0 Å². The van der Waals surface area contributed by atoms with Crippen LogP contribution in [0.3, 0.4) is 0 Å². The van der Waals surface area contributed by atoms with Gasteiger partial charge in [0.1, 0.15) is 24.7 Å². The number of nitro benzene ring substituents is 1. The Hall–Kier alpha value is -3.92. The zero-order valence-corrected chi connectivity index (χ0v) is 20.5. The fraction of sp³-hybridized carbons (Fsp3) is 0.240. The summed E-state index contributed by atoms with van der Waals surface area (Å²) in [5, 5.41) is 14.9. The molecule has 0 aromatic heterocycles. The SMILES string of the molecule is Cc1ccc(S(=O)(=O)N/N=C(\c2ccc(OCCOc3ccc([N+](=O)[O-])cc3)cc2)C(C)C)cc1. The molecule has 0 saturated carbocycles. The first-order valence-electron chi connectivity index (χ1n) is 10.9. The van der Waals surface area contributed by atoms with E-state index in [0.717, 1.165) is 11.1 Å². The lowest BCUT2D eigenvalue weighted by molar-refractivity contribution is -0.384. The number of nitro groups is 1. The zero-order valence-electron chi connectivity index (χ0n) is 19.7. The highest BCUT2D eigenvalue weighted by atomic mass is 32.2. The Bertz CT molecular complexity index is 1270. The van der Waals surface area contributed by atoms with E-state index in [1.165, 1.54) is 24.3 Å². The summed E-state index contributed by atoms with van der Waals surface area (Å²) in [4.78, 5) is 12.7. The van der Waals surface area contributed by atoms with Gasteiger partial charge in [-0.05, 0) is 66.9 Å². The summed E-state index contributed by atoms with van der Waals surface area (Å²) < 4.78 is 36.4. The maximum absolute atomic E-state index is 12.6. The van der Waals surface area contributed by atoms with Crippen molar-refractivity contribution in [1.29, 1.82) is 0 Å². The molecular weight excluding hydrogens is 470 g/mol.